The molecule has 0 radical (unpaired) electrons. The van der Waals surface area contributed by atoms with Gasteiger partial charge in [0.15, 0.2) is 34.5 Å². The van der Waals surface area contributed by atoms with Crippen molar-refractivity contribution in [1.82, 2.24) is 4.57 Å². The molecule has 14 nitrogen and oxygen atoms in total. The van der Waals surface area contributed by atoms with Crippen LogP contribution in [0, 0.1) is 27.7 Å². The van der Waals surface area contributed by atoms with Crippen LogP contribution in [0.1, 0.15) is 49.9 Å². The summed E-state index contributed by atoms with van der Waals surface area (Å²) >= 11 is 0. The van der Waals surface area contributed by atoms with Crippen molar-refractivity contribution < 1.29 is 60.0 Å². The fraction of sp³-hybridized carbons (Fsp3) is 0.286. The molecule has 7 rings (SSSR count). The second-order valence-electron chi connectivity index (χ2n) is 14.2. The topological polar surface area (TPSA) is 232 Å². The predicted molar refractivity (Wildman–Crippen MR) is 190 cm³/mol. The maximum absolute atomic E-state index is 14.8. The lowest BCUT2D eigenvalue weighted by atomic mass is 9.76. The van der Waals surface area contributed by atoms with Gasteiger partial charge in [-0.2, -0.15) is 0 Å². The molecule has 0 spiro atoms. The van der Waals surface area contributed by atoms with E-state index in [1.54, 1.807) is 41.5 Å². The highest BCUT2D eigenvalue weighted by Gasteiger charge is 2.54. The van der Waals surface area contributed by atoms with Gasteiger partial charge in [0.05, 0.1) is 27.4 Å². The van der Waals surface area contributed by atoms with Crippen LogP contribution in [0.15, 0.2) is 4.79 Å². The molecule has 1 saturated heterocycles. The number of ether oxygens (including phenoxy) is 1. The summed E-state index contributed by atoms with van der Waals surface area (Å²) in [5.74, 6) is -7.41. The summed E-state index contributed by atoms with van der Waals surface area (Å²) in [6.07, 6.45) is 0. The smallest absolute Gasteiger partial charge is 0.502 e. The van der Waals surface area contributed by atoms with Crippen LogP contribution in [0.3, 0.4) is 0 Å². The lowest BCUT2D eigenvalue weighted by Crippen LogP contribution is -2.41. The van der Waals surface area contributed by atoms with Crippen molar-refractivity contribution in [2.75, 3.05) is 0 Å². The summed E-state index contributed by atoms with van der Waals surface area (Å²) in [5.41, 5.74) is -3.23. The minimum atomic E-state index is -1.48. The van der Waals surface area contributed by atoms with E-state index in [-0.39, 0.29) is 56.0 Å². The van der Waals surface area contributed by atoms with E-state index in [1.807, 2.05) is 0 Å². The highest BCUT2D eigenvalue weighted by atomic mass is 16.7. The Morgan fingerprint density at radius 2 is 1.10 bits per heavy atom. The number of hydrogen-bond acceptors (Lipinski definition) is 13. The molecular formula is C35H35B2NO13. The number of phenols is 9. The molecule has 0 saturated carbocycles. The van der Waals surface area contributed by atoms with Crippen LogP contribution in [0.2, 0.25) is 0 Å². The first-order chi connectivity index (χ1) is 23.6. The molecule has 51 heavy (non-hydrogen) atoms. The molecule has 0 aliphatic carbocycles. The SMILES string of the molecule is Bc1c(-c2c(C)c(C)c(O)c(O)c2C)c(O)c2c(=O)c3c(O)c(B4OC(C)(C)C(C)(C)O4)c(O)c(O)c3n3c2c1Oc1c(O)c(O)c(O)c(C)c1-3. The first kappa shape index (κ1) is 33.9. The van der Waals surface area contributed by atoms with Crippen LogP contribution in [0.4, 0.5) is 0 Å². The van der Waals surface area contributed by atoms with Gasteiger partial charge in [0.25, 0.3) is 0 Å². The summed E-state index contributed by atoms with van der Waals surface area (Å²) in [7, 11) is 0.0434. The van der Waals surface area contributed by atoms with Gasteiger partial charge >= 0.3 is 7.12 Å². The van der Waals surface area contributed by atoms with Gasteiger partial charge in [-0.25, -0.2) is 0 Å². The van der Waals surface area contributed by atoms with Gasteiger partial charge in [-0.3, -0.25) is 9.36 Å². The normalized spacial score (nSPS) is 15.8. The summed E-state index contributed by atoms with van der Waals surface area (Å²) in [5, 5.41) is 100. The fourth-order valence-corrected chi connectivity index (χ4v) is 7.23. The Morgan fingerprint density at radius 3 is 1.69 bits per heavy atom. The van der Waals surface area contributed by atoms with E-state index in [4.69, 9.17) is 14.0 Å². The average molecular weight is 699 g/mol. The van der Waals surface area contributed by atoms with E-state index in [2.05, 4.69) is 0 Å². The second kappa shape index (κ2) is 10.2. The molecule has 264 valence electrons. The molecule has 2 aliphatic rings. The predicted octanol–water partition coefficient (Wildman–Crippen LogP) is 3.06. The molecule has 0 amide bonds. The molecule has 9 N–H and O–H groups in total. The number of benzene rings is 4. The standard InChI is InChI=1S/C35H35B2NO13/c1-9-10(2)22(39)23(40)11(3)13(9)14-17(36)32-21-16(25(14)42)26(43)15-20(38(21)19-12(4)24(41)30(47)31(48)33(19)49-32)29(46)28(45)18(27(15)44)37-50-34(5,6)35(7,8)51-37/h39-42,44-48H,36H2,1-8H3. The number of hydrogen-bond donors (Lipinski definition) is 9. The third-order valence-corrected chi connectivity index (χ3v) is 11.0. The van der Waals surface area contributed by atoms with Gasteiger partial charge in [0.1, 0.15) is 41.8 Å². The molecule has 2 aliphatic heterocycles. The van der Waals surface area contributed by atoms with Gasteiger partial charge in [-0.1, -0.05) is 0 Å². The molecular weight excluding hydrogens is 664 g/mol. The van der Waals surface area contributed by atoms with Crippen molar-refractivity contribution in [2.24, 2.45) is 0 Å². The summed E-state index contributed by atoms with van der Waals surface area (Å²) in [6, 6.07) is 0. The molecule has 0 atom stereocenters. The summed E-state index contributed by atoms with van der Waals surface area (Å²) in [6.45, 7) is 12.9. The van der Waals surface area contributed by atoms with Gasteiger partial charge in [0, 0.05) is 16.7 Å². The number of rotatable bonds is 2. The minimum absolute atomic E-state index is 0.00904. The quantitative estimate of drug-likeness (QED) is 0.0548. The fourth-order valence-electron chi connectivity index (χ4n) is 7.23. The highest BCUT2D eigenvalue weighted by Crippen LogP contribution is 2.57. The molecule has 4 aromatic carbocycles. The van der Waals surface area contributed by atoms with E-state index >= 15 is 0 Å². The maximum atomic E-state index is 14.8. The molecule has 0 unspecified atom stereocenters. The van der Waals surface area contributed by atoms with E-state index in [9.17, 15) is 50.8 Å². The Balaban J connectivity index is 1.76. The van der Waals surface area contributed by atoms with Crippen molar-refractivity contribution in [3.8, 4) is 80.1 Å². The average Bonchev–Trinajstić information content (AvgIpc) is 3.28. The van der Waals surface area contributed by atoms with Gasteiger partial charge in [-0.05, 0) is 77.5 Å². The van der Waals surface area contributed by atoms with Crippen LogP contribution in [0.5, 0.6) is 63.2 Å². The third kappa shape index (κ3) is 3.99. The zero-order chi connectivity index (χ0) is 37.7. The Hall–Kier alpha value is -5.60. The Bertz CT molecular complexity index is 2490. The highest BCUT2D eigenvalue weighted by molar-refractivity contribution is 6.65. The number of phenolic OH excluding ortho intramolecular Hbond substituents is 9. The van der Waals surface area contributed by atoms with Crippen molar-refractivity contribution in [3.05, 3.63) is 32.5 Å². The van der Waals surface area contributed by atoms with Crippen molar-refractivity contribution in [2.45, 2.75) is 66.6 Å². The first-order valence-corrected chi connectivity index (χ1v) is 16.0. The van der Waals surface area contributed by atoms with E-state index in [0.29, 0.717) is 5.56 Å². The largest absolute Gasteiger partial charge is 0.507 e. The number of aromatic nitrogens is 1. The molecule has 1 fully saturated rings. The second-order valence-corrected chi connectivity index (χ2v) is 14.2. The lowest BCUT2D eigenvalue weighted by Gasteiger charge is -2.32. The van der Waals surface area contributed by atoms with Crippen molar-refractivity contribution in [1.29, 1.82) is 0 Å². The third-order valence-electron chi connectivity index (χ3n) is 11.0. The molecule has 3 heterocycles. The van der Waals surface area contributed by atoms with E-state index in [1.165, 1.54) is 21.7 Å². The van der Waals surface area contributed by atoms with Gasteiger partial charge in [0.2, 0.25) is 16.9 Å². The lowest BCUT2D eigenvalue weighted by molar-refractivity contribution is 0.00578. The first-order valence-electron chi connectivity index (χ1n) is 16.0. The van der Waals surface area contributed by atoms with Crippen molar-refractivity contribution in [3.63, 3.8) is 0 Å². The van der Waals surface area contributed by atoms with Gasteiger partial charge < -0.3 is 60.0 Å². The number of aromatic hydroxyl groups is 9. The summed E-state index contributed by atoms with van der Waals surface area (Å²) in [4.78, 5) is 14.8. The molecule has 0 bridgehead atoms. The minimum Gasteiger partial charge on any atom is -0.507 e. The number of fused-ring (bicyclic) bond motifs is 4. The Morgan fingerprint density at radius 1 is 0.569 bits per heavy atom. The van der Waals surface area contributed by atoms with Crippen molar-refractivity contribution >= 4 is 47.7 Å². The number of pyridine rings is 1. The van der Waals surface area contributed by atoms with E-state index < -0.39 is 97.2 Å². The van der Waals surface area contributed by atoms with Crippen LogP contribution in [0.25, 0.3) is 38.6 Å². The molecule has 1 aromatic heterocycles. The van der Waals surface area contributed by atoms with E-state index in [0.717, 1.165) is 4.57 Å². The van der Waals surface area contributed by atoms with Crippen LogP contribution in [-0.4, -0.2) is 76.7 Å². The molecule has 16 heteroatoms. The van der Waals surface area contributed by atoms with Crippen LogP contribution < -0.4 is 21.1 Å². The zero-order valence-corrected chi connectivity index (χ0v) is 29.2. The Kier molecular flexibility index (Phi) is 6.80. The molecule has 5 aromatic rings. The monoisotopic (exact) mass is 699 g/mol. The zero-order valence-electron chi connectivity index (χ0n) is 29.2. The van der Waals surface area contributed by atoms with Crippen LogP contribution >= 0.6 is 0 Å². The summed E-state index contributed by atoms with van der Waals surface area (Å²) < 4.78 is 19.5. The Labute approximate surface area is 291 Å². The van der Waals surface area contributed by atoms with Gasteiger partial charge in [-0.15, -0.1) is 0 Å². The maximum Gasteiger partial charge on any atom is 0.502 e. The van der Waals surface area contributed by atoms with Crippen LogP contribution in [-0.2, 0) is 9.31 Å². The number of nitrogens with zero attached hydrogens (tertiary/aromatic N) is 1.